The third kappa shape index (κ3) is 3.40. The molecule has 5 nitrogen and oxygen atoms in total. The largest absolute Gasteiger partial charge is 0.465 e. The van der Waals surface area contributed by atoms with E-state index >= 15 is 0 Å². The van der Waals surface area contributed by atoms with Crippen LogP contribution in [-0.2, 0) is 4.74 Å². The van der Waals surface area contributed by atoms with Gasteiger partial charge >= 0.3 is 5.97 Å². The molecule has 0 aliphatic heterocycles. The highest BCUT2D eigenvalue weighted by molar-refractivity contribution is 7.16. The highest BCUT2D eigenvalue weighted by Crippen LogP contribution is 2.33. The summed E-state index contributed by atoms with van der Waals surface area (Å²) in [5.74, 6) is -0.758. The molecule has 0 saturated heterocycles. The first-order chi connectivity index (χ1) is 10.4. The summed E-state index contributed by atoms with van der Waals surface area (Å²) in [4.78, 5) is 26.4. The number of benzene rings is 1. The van der Waals surface area contributed by atoms with E-state index in [0.29, 0.717) is 20.5 Å². The van der Waals surface area contributed by atoms with E-state index in [1.54, 1.807) is 30.3 Å². The van der Waals surface area contributed by atoms with Crippen molar-refractivity contribution in [2.75, 3.05) is 31.4 Å². The van der Waals surface area contributed by atoms with E-state index in [9.17, 15) is 9.59 Å². The first-order valence-electron chi connectivity index (χ1n) is 6.39. The van der Waals surface area contributed by atoms with E-state index in [1.165, 1.54) is 7.11 Å². The zero-order valence-corrected chi connectivity index (χ0v) is 13.9. The number of nitrogens with one attached hydrogen (secondary N) is 1. The summed E-state index contributed by atoms with van der Waals surface area (Å²) < 4.78 is 4.63. The molecule has 116 valence electrons. The number of halogens is 1. The molecule has 0 atom stereocenters. The van der Waals surface area contributed by atoms with Crippen LogP contribution < -0.4 is 10.2 Å². The Labute approximate surface area is 137 Å². The fourth-order valence-corrected chi connectivity index (χ4v) is 3.09. The highest BCUT2D eigenvalue weighted by atomic mass is 35.5. The van der Waals surface area contributed by atoms with Gasteiger partial charge in [0.1, 0.15) is 4.88 Å². The van der Waals surface area contributed by atoms with Crippen LogP contribution >= 0.6 is 22.9 Å². The molecule has 7 heteroatoms. The van der Waals surface area contributed by atoms with Gasteiger partial charge in [-0.2, -0.15) is 0 Å². The first kappa shape index (κ1) is 16.3. The lowest BCUT2D eigenvalue weighted by Crippen LogP contribution is -2.16. The van der Waals surface area contributed by atoms with E-state index in [1.807, 2.05) is 19.0 Å². The summed E-state index contributed by atoms with van der Waals surface area (Å²) in [6.07, 6.45) is 0. The maximum absolute atomic E-state index is 12.3. The van der Waals surface area contributed by atoms with Gasteiger partial charge in [0.15, 0.2) is 0 Å². The van der Waals surface area contributed by atoms with Crippen LogP contribution in [0.25, 0.3) is 0 Å². The summed E-state index contributed by atoms with van der Waals surface area (Å²) >= 11 is 7.24. The summed E-state index contributed by atoms with van der Waals surface area (Å²) in [5, 5.41) is 3.36. The molecule has 22 heavy (non-hydrogen) atoms. The van der Waals surface area contributed by atoms with Gasteiger partial charge in [-0.15, -0.1) is 11.3 Å². The Hall–Kier alpha value is -2.05. The molecular formula is C15H15ClN2O3S. The lowest BCUT2D eigenvalue weighted by atomic mass is 10.2. The van der Waals surface area contributed by atoms with E-state index in [0.717, 1.165) is 17.0 Å². The van der Waals surface area contributed by atoms with Crippen LogP contribution in [0.15, 0.2) is 30.3 Å². The van der Waals surface area contributed by atoms with Crippen molar-refractivity contribution in [3.63, 3.8) is 0 Å². The van der Waals surface area contributed by atoms with Crippen molar-refractivity contribution >= 4 is 46.2 Å². The number of thiophene rings is 1. The van der Waals surface area contributed by atoms with Crippen molar-refractivity contribution in [3.8, 4) is 0 Å². The van der Waals surface area contributed by atoms with Gasteiger partial charge in [0.05, 0.1) is 28.4 Å². The lowest BCUT2D eigenvalue weighted by molar-refractivity contribution is 0.0606. The van der Waals surface area contributed by atoms with Crippen molar-refractivity contribution in [2.45, 2.75) is 0 Å². The number of rotatable bonds is 4. The molecule has 1 N–H and O–H groups in total. The zero-order chi connectivity index (χ0) is 16.3. The van der Waals surface area contributed by atoms with E-state index in [2.05, 4.69) is 10.1 Å². The summed E-state index contributed by atoms with van der Waals surface area (Å²) in [6, 6.07) is 8.45. The van der Waals surface area contributed by atoms with Gasteiger partial charge in [0, 0.05) is 14.1 Å². The van der Waals surface area contributed by atoms with Crippen LogP contribution in [0.4, 0.5) is 11.4 Å². The first-order valence-corrected chi connectivity index (χ1v) is 7.59. The number of amides is 1. The van der Waals surface area contributed by atoms with Crippen molar-refractivity contribution < 1.29 is 14.3 Å². The number of esters is 1. The predicted octanol–water partition coefficient (Wildman–Crippen LogP) is 3.51. The molecule has 1 aromatic heterocycles. The second-order valence-corrected chi connectivity index (χ2v) is 6.13. The number of anilines is 2. The van der Waals surface area contributed by atoms with E-state index < -0.39 is 5.97 Å². The minimum atomic E-state index is -0.458. The fourth-order valence-electron chi connectivity index (χ4n) is 1.92. The third-order valence-electron chi connectivity index (χ3n) is 2.90. The van der Waals surface area contributed by atoms with Crippen molar-refractivity contribution in [3.05, 3.63) is 45.1 Å². The Morgan fingerprint density at radius 3 is 2.50 bits per heavy atom. The molecule has 0 aliphatic carbocycles. The van der Waals surface area contributed by atoms with Crippen LogP contribution in [0.2, 0.25) is 5.02 Å². The molecule has 0 aliphatic rings. The van der Waals surface area contributed by atoms with Crippen LogP contribution in [0, 0.1) is 0 Å². The minimum Gasteiger partial charge on any atom is -0.465 e. The maximum Gasteiger partial charge on any atom is 0.348 e. The SMILES string of the molecule is COC(=O)c1ccc(C(=O)Nc2cccc(Cl)c2N(C)C)s1. The Morgan fingerprint density at radius 2 is 1.86 bits per heavy atom. The molecule has 0 fully saturated rings. The second kappa shape index (κ2) is 6.81. The van der Waals surface area contributed by atoms with Crippen LogP contribution in [0.5, 0.6) is 0 Å². The number of hydrogen-bond donors (Lipinski definition) is 1. The van der Waals surface area contributed by atoms with Gasteiger partial charge in [-0.05, 0) is 24.3 Å². The van der Waals surface area contributed by atoms with Crippen LogP contribution in [0.1, 0.15) is 19.3 Å². The van der Waals surface area contributed by atoms with E-state index in [4.69, 9.17) is 11.6 Å². The number of methoxy groups -OCH3 is 1. The van der Waals surface area contributed by atoms with Gasteiger partial charge in [-0.3, -0.25) is 4.79 Å². The van der Waals surface area contributed by atoms with Gasteiger partial charge < -0.3 is 15.0 Å². The molecule has 2 rings (SSSR count). The molecule has 1 heterocycles. The predicted molar refractivity (Wildman–Crippen MR) is 89.4 cm³/mol. The number of carbonyl (C=O) groups excluding carboxylic acids is 2. The molecule has 1 aromatic carbocycles. The van der Waals surface area contributed by atoms with Gasteiger partial charge in [0.25, 0.3) is 5.91 Å². The van der Waals surface area contributed by atoms with Crippen molar-refractivity contribution in [2.24, 2.45) is 0 Å². The molecule has 0 bridgehead atoms. The maximum atomic E-state index is 12.3. The Morgan fingerprint density at radius 1 is 1.18 bits per heavy atom. The Bertz CT molecular complexity index is 713. The topological polar surface area (TPSA) is 58.6 Å². The smallest absolute Gasteiger partial charge is 0.348 e. The Balaban J connectivity index is 2.24. The second-order valence-electron chi connectivity index (χ2n) is 4.64. The average Bonchev–Trinajstić information content (AvgIpc) is 2.96. The monoisotopic (exact) mass is 338 g/mol. The average molecular weight is 339 g/mol. The fraction of sp³-hybridized carbons (Fsp3) is 0.200. The lowest BCUT2D eigenvalue weighted by Gasteiger charge is -2.19. The molecule has 0 unspecified atom stereocenters. The normalized spacial score (nSPS) is 10.2. The molecule has 2 aromatic rings. The molecule has 0 radical (unpaired) electrons. The number of hydrogen-bond acceptors (Lipinski definition) is 5. The minimum absolute atomic E-state index is 0.300. The number of carbonyl (C=O) groups is 2. The number of nitrogens with zero attached hydrogens (tertiary/aromatic N) is 1. The van der Waals surface area contributed by atoms with E-state index in [-0.39, 0.29) is 5.91 Å². The highest BCUT2D eigenvalue weighted by Gasteiger charge is 2.16. The quantitative estimate of drug-likeness (QED) is 0.867. The van der Waals surface area contributed by atoms with Crippen LogP contribution in [-0.4, -0.2) is 33.1 Å². The molecular weight excluding hydrogens is 324 g/mol. The molecule has 0 spiro atoms. The molecule has 1 amide bonds. The summed E-state index contributed by atoms with van der Waals surface area (Å²) in [6.45, 7) is 0. The van der Waals surface area contributed by atoms with Crippen molar-refractivity contribution in [1.29, 1.82) is 0 Å². The molecule has 0 saturated carbocycles. The van der Waals surface area contributed by atoms with Gasteiger partial charge in [0.2, 0.25) is 0 Å². The van der Waals surface area contributed by atoms with Gasteiger partial charge in [-0.1, -0.05) is 17.7 Å². The summed E-state index contributed by atoms with van der Waals surface area (Å²) in [7, 11) is 4.99. The number of ether oxygens (including phenoxy) is 1. The third-order valence-corrected chi connectivity index (χ3v) is 4.27. The van der Waals surface area contributed by atoms with Crippen molar-refractivity contribution in [1.82, 2.24) is 0 Å². The van der Waals surface area contributed by atoms with Crippen LogP contribution in [0.3, 0.4) is 0 Å². The number of para-hydroxylation sites is 1. The summed E-state index contributed by atoms with van der Waals surface area (Å²) in [5.41, 5.74) is 1.33. The Kier molecular flexibility index (Phi) is 5.05. The zero-order valence-electron chi connectivity index (χ0n) is 12.3. The van der Waals surface area contributed by atoms with Gasteiger partial charge in [-0.25, -0.2) is 4.79 Å². The standard InChI is InChI=1S/C15H15ClN2O3S/c1-18(2)13-9(16)5-4-6-10(13)17-14(19)11-7-8-12(22-11)15(20)21-3/h4-8H,1-3H3,(H,17,19).